The summed E-state index contributed by atoms with van der Waals surface area (Å²) in [6, 6.07) is 7.45. The van der Waals surface area contributed by atoms with Crippen molar-refractivity contribution in [1.82, 2.24) is 0 Å². The molecule has 0 bridgehead atoms. The van der Waals surface area contributed by atoms with Crippen LogP contribution in [0.5, 0.6) is 11.5 Å². The summed E-state index contributed by atoms with van der Waals surface area (Å²) < 4.78 is 11.1. The highest BCUT2D eigenvalue weighted by Crippen LogP contribution is 2.30. The zero-order valence-electron chi connectivity index (χ0n) is 10.6. The summed E-state index contributed by atoms with van der Waals surface area (Å²) >= 11 is 0. The molecule has 4 heteroatoms. The topological polar surface area (TPSA) is 64.7 Å². The van der Waals surface area contributed by atoms with Crippen molar-refractivity contribution in [3.63, 3.8) is 0 Å². The van der Waals surface area contributed by atoms with Gasteiger partial charge in [-0.25, -0.2) is 0 Å². The first-order valence-corrected chi connectivity index (χ1v) is 5.68. The lowest BCUT2D eigenvalue weighted by Crippen LogP contribution is -2.36. The Balaban J connectivity index is 2.75. The normalized spacial score (nSPS) is 13.2. The molecule has 1 aromatic rings. The van der Waals surface area contributed by atoms with Crippen LogP contribution in [-0.2, 0) is 0 Å². The van der Waals surface area contributed by atoms with Gasteiger partial charge in [-0.15, -0.1) is 0 Å². The van der Waals surface area contributed by atoms with E-state index in [0.29, 0.717) is 17.9 Å². The number of benzene rings is 1. The fourth-order valence-corrected chi connectivity index (χ4v) is 1.69. The molecule has 1 atom stereocenters. The molecule has 1 rings (SSSR count). The van der Waals surface area contributed by atoms with E-state index in [9.17, 15) is 5.11 Å². The molecule has 0 saturated heterocycles. The summed E-state index contributed by atoms with van der Waals surface area (Å²) in [7, 11) is 1.60. The molecule has 0 aromatic heterocycles. The van der Waals surface area contributed by atoms with Crippen LogP contribution in [0.4, 0.5) is 0 Å². The van der Waals surface area contributed by atoms with Gasteiger partial charge in [-0.05, 0) is 26.0 Å². The molecule has 0 radical (unpaired) electrons. The van der Waals surface area contributed by atoms with Gasteiger partial charge in [0.15, 0.2) is 11.5 Å². The summed E-state index contributed by atoms with van der Waals surface area (Å²) in [5.74, 6) is 1.35. The minimum absolute atomic E-state index is 0.235. The average molecular weight is 239 g/mol. The van der Waals surface area contributed by atoms with E-state index in [4.69, 9.17) is 15.2 Å². The fourth-order valence-electron chi connectivity index (χ4n) is 1.69. The molecule has 0 aliphatic rings. The maximum Gasteiger partial charge on any atom is 0.161 e. The minimum Gasteiger partial charge on any atom is -0.493 e. The van der Waals surface area contributed by atoms with Crippen LogP contribution in [0.15, 0.2) is 24.3 Å². The second kappa shape index (κ2) is 5.89. The lowest BCUT2D eigenvalue weighted by molar-refractivity contribution is 0.0397. The largest absolute Gasteiger partial charge is 0.493 e. The van der Waals surface area contributed by atoms with E-state index in [0.717, 1.165) is 0 Å². The highest BCUT2D eigenvalue weighted by atomic mass is 16.5. The summed E-state index contributed by atoms with van der Waals surface area (Å²) in [5, 5.41) is 9.56. The zero-order valence-corrected chi connectivity index (χ0v) is 10.6. The quantitative estimate of drug-likeness (QED) is 0.790. The zero-order chi connectivity index (χ0) is 12.9. The van der Waals surface area contributed by atoms with Gasteiger partial charge in [-0.3, -0.25) is 0 Å². The van der Waals surface area contributed by atoms with Gasteiger partial charge in [-0.2, -0.15) is 0 Å². The Kier molecular flexibility index (Phi) is 4.78. The van der Waals surface area contributed by atoms with Crippen LogP contribution in [0.3, 0.4) is 0 Å². The van der Waals surface area contributed by atoms with Gasteiger partial charge < -0.3 is 20.3 Å². The first kappa shape index (κ1) is 13.8. The number of hydrogen-bond donors (Lipinski definition) is 2. The van der Waals surface area contributed by atoms with Crippen molar-refractivity contribution in [2.75, 3.05) is 13.7 Å². The Labute approximate surface area is 102 Å². The number of para-hydroxylation sites is 2. The molecule has 0 aliphatic heterocycles. The second-order valence-electron chi connectivity index (χ2n) is 4.61. The lowest BCUT2D eigenvalue weighted by Gasteiger charge is -2.29. The van der Waals surface area contributed by atoms with E-state index in [1.165, 1.54) is 0 Å². The standard InChI is InChI=1S/C13H21NO3/c1-13(2,8-10(15)9-14)17-12-7-5-4-6-11(12)16-3/h4-7,10,15H,8-9,14H2,1-3H3. The van der Waals surface area contributed by atoms with E-state index in [1.807, 2.05) is 38.1 Å². The van der Waals surface area contributed by atoms with Gasteiger partial charge >= 0.3 is 0 Å². The van der Waals surface area contributed by atoms with Crippen molar-refractivity contribution in [2.45, 2.75) is 32.0 Å². The minimum atomic E-state index is -0.556. The number of rotatable bonds is 6. The molecule has 0 fully saturated rings. The van der Waals surface area contributed by atoms with Crippen molar-refractivity contribution in [3.05, 3.63) is 24.3 Å². The van der Waals surface area contributed by atoms with E-state index >= 15 is 0 Å². The number of methoxy groups -OCH3 is 1. The van der Waals surface area contributed by atoms with Crippen molar-refractivity contribution in [3.8, 4) is 11.5 Å². The number of aliphatic hydroxyl groups is 1. The number of ether oxygens (including phenoxy) is 2. The van der Waals surface area contributed by atoms with E-state index < -0.39 is 11.7 Å². The van der Waals surface area contributed by atoms with Gasteiger partial charge in [0.1, 0.15) is 5.60 Å². The number of hydrogen-bond acceptors (Lipinski definition) is 4. The molecule has 0 spiro atoms. The molecule has 0 saturated carbocycles. The van der Waals surface area contributed by atoms with Crippen LogP contribution in [0.25, 0.3) is 0 Å². The summed E-state index contributed by atoms with van der Waals surface area (Å²) in [5.41, 5.74) is 4.91. The van der Waals surface area contributed by atoms with Gasteiger partial charge in [0.25, 0.3) is 0 Å². The van der Waals surface area contributed by atoms with Crippen LogP contribution in [0.1, 0.15) is 20.3 Å². The first-order valence-electron chi connectivity index (χ1n) is 5.68. The number of aliphatic hydroxyl groups excluding tert-OH is 1. The average Bonchev–Trinajstić information content (AvgIpc) is 2.28. The van der Waals surface area contributed by atoms with Crippen molar-refractivity contribution >= 4 is 0 Å². The third-order valence-electron chi connectivity index (χ3n) is 2.45. The molecular weight excluding hydrogens is 218 g/mol. The predicted molar refractivity (Wildman–Crippen MR) is 67.4 cm³/mol. The predicted octanol–water partition coefficient (Wildman–Crippen LogP) is 1.56. The second-order valence-corrected chi connectivity index (χ2v) is 4.61. The Hall–Kier alpha value is -1.26. The van der Waals surface area contributed by atoms with Crippen molar-refractivity contribution in [2.24, 2.45) is 5.73 Å². The fraction of sp³-hybridized carbons (Fsp3) is 0.538. The molecule has 3 N–H and O–H groups in total. The molecule has 0 amide bonds. The lowest BCUT2D eigenvalue weighted by atomic mass is 10.0. The highest BCUT2D eigenvalue weighted by molar-refractivity contribution is 5.39. The molecule has 1 aromatic carbocycles. The van der Waals surface area contributed by atoms with Gasteiger partial charge in [0, 0.05) is 13.0 Å². The van der Waals surface area contributed by atoms with Gasteiger partial charge in [0.05, 0.1) is 13.2 Å². The van der Waals surface area contributed by atoms with Gasteiger partial charge in [-0.1, -0.05) is 12.1 Å². The Morgan fingerprint density at radius 1 is 1.29 bits per heavy atom. The van der Waals surface area contributed by atoms with Crippen LogP contribution in [0, 0.1) is 0 Å². The Morgan fingerprint density at radius 2 is 1.88 bits per heavy atom. The Bertz CT molecular complexity index is 352. The summed E-state index contributed by atoms with van der Waals surface area (Å²) in [6.45, 7) is 4.06. The highest BCUT2D eigenvalue weighted by Gasteiger charge is 2.24. The molecule has 4 nitrogen and oxygen atoms in total. The molecule has 0 aliphatic carbocycles. The Morgan fingerprint density at radius 3 is 2.41 bits per heavy atom. The van der Waals surface area contributed by atoms with Crippen LogP contribution < -0.4 is 15.2 Å². The smallest absolute Gasteiger partial charge is 0.161 e. The van der Waals surface area contributed by atoms with Gasteiger partial charge in [0.2, 0.25) is 0 Å². The van der Waals surface area contributed by atoms with Crippen LogP contribution >= 0.6 is 0 Å². The van der Waals surface area contributed by atoms with Crippen molar-refractivity contribution < 1.29 is 14.6 Å². The monoisotopic (exact) mass is 239 g/mol. The summed E-state index contributed by atoms with van der Waals surface area (Å²) in [4.78, 5) is 0. The first-order chi connectivity index (χ1) is 7.98. The maximum absolute atomic E-state index is 9.56. The third-order valence-corrected chi connectivity index (χ3v) is 2.45. The van der Waals surface area contributed by atoms with Crippen LogP contribution in [-0.4, -0.2) is 30.5 Å². The molecule has 1 unspecified atom stereocenters. The third kappa shape index (κ3) is 4.24. The van der Waals surface area contributed by atoms with E-state index in [1.54, 1.807) is 7.11 Å². The molecule has 96 valence electrons. The molecular formula is C13H21NO3. The number of nitrogens with two attached hydrogens (primary N) is 1. The van der Waals surface area contributed by atoms with E-state index in [-0.39, 0.29) is 6.54 Å². The summed E-state index contributed by atoms with van der Waals surface area (Å²) in [6.07, 6.45) is -0.0821. The van der Waals surface area contributed by atoms with Crippen molar-refractivity contribution in [1.29, 1.82) is 0 Å². The van der Waals surface area contributed by atoms with E-state index in [2.05, 4.69) is 0 Å². The molecule has 0 heterocycles. The SMILES string of the molecule is COc1ccccc1OC(C)(C)CC(O)CN. The maximum atomic E-state index is 9.56. The molecule has 17 heavy (non-hydrogen) atoms. The van der Waals surface area contributed by atoms with Crippen LogP contribution in [0.2, 0.25) is 0 Å².